The number of nitrogens with two attached hydrogens (primary N) is 3. The van der Waals surface area contributed by atoms with Gasteiger partial charge in [0, 0.05) is 24.7 Å². The molecule has 1 heterocycles. The smallest absolute Gasteiger partial charge is 0.326 e. The van der Waals surface area contributed by atoms with Gasteiger partial charge in [-0.15, -0.1) is 0 Å². The summed E-state index contributed by atoms with van der Waals surface area (Å²) in [5.74, 6) is -8.04. The van der Waals surface area contributed by atoms with Gasteiger partial charge in [-0.25, -0.2) is 9.78 Å². The number of nitrogens with zero attached hydrogens (tertiary/aromatic N) is 1. The van der Waals surface area contributed by atoms with Crippen LogP contribution in [0.25, 0.3) is 0 Å². The van der Waals surface area contributed by atoms with E-state index in [-0.39, 0.29) is 6.42 Å². The monoisotopic (exact) mass is 512 g/mol. The summed E-state index contributed by atoms with van der Waals surface area (Å²) >= 11 is 0. The number of carboxylic acids is 2. The lowest BCUT2D eigenvalue weighted by Gasteiger charge is -2.24. The van der Waals surface area contributed by atoms with E-state index in [0.717, 1.165) is 0 Å². The topological polar surface area (TPSA) is 303 Å². The van der Waals surface area contributed by atoms with Crippen molar-refractivity contribution in [2.45, 2.75) is 56.3 Å². The molecule has 198 valence electrons. The van der Waals surface area contributed by atoms with Crippen LogP contribution in [-0.2, 0) is 40.0 Å². The van der Waals surface area contributed by atoms with Gasteiger partial charge in [-0.1, -0.05) is 0 Å². The fourth-order valence-corrected chi connectivity index (χ4v) is 2.90. The van der Waals surface area contributed by atoms with Crippen LogP contribution in [0.5, 0.6) is 0 Å². The van der Waals surface area contributed by atoms with E-state index in [0.29, 0.717) is 5.69 Å². The Balaban J connectivity index is 2.99. The lowest BCUT2D eigenvalue weighted by molar-refractivity contribution is -0.144. The molecule has 36 heavy (non-hydrogen) atoms. The van der Waals surface area contributed by atoms with E-state index >= 15 is 0 Å². The molecule has 0 saturated carbocycles. The van der Waals surface area contributed by atoms with Crippen molar-refractivity contribution >= 4 is 41.5 Å². The summed E-state index contributed by atoms with van der Waals surface area (Å²) in [7, 11) is 0. The molecule has 5 amide bonds. The normalized spacial score (nSPS) is 13.9. The molecule has 0 bridgehead atoms. The number of hydrogen-bond donors (Lipinski definition) is 9. The van der Waals surface area contributed by atoms with Crippen molar-refractivity contribution < 1.29 is 43.8 Å². The third-order valence-corrected chi connectivity index (χ3v) is 4.67. The van der Waals surface area contributed by atoms with Gasteiger partial charge in [0.25, 0.3) is 0 Å². The molecule has 0 radical (unpaired) electrons. The van der Waals surface area contributed by atoms with Crippen molar-refractivity contribution in [3.05, 3.63) is 18.2 Å². The van der Waals surface area contributed by atoms with E-state index < -0.39 is 91.3 Å². The molecule has 4 unspecified atom stereocenters. The minimum absolute atomic E-state index is 0.0107. The van der Waals surface area contributed by atoms with Crippen molar-refractivity contribution in [3.63, 3.8) is 0 Å². The molecule has 0 saturated heterocycles. The number of aromatic amines is 1. The van der Waals surface area contributed by atoms with Crippen molar-refractivity contribution in [2.75, 3.05) is 0 Å². The van der Waals surface area contributed by atoms with Gasteiger partial charge in [0.05, 0.1) is 25.2 Å². The number of hydrogen-bond acceptors (Lipinski definition) is 9. The van der Waals surface area contributed by atoms with Crippen molar-refractivity contribution in [2.24, 2.45) is 17.2 Å². The first-order valence-corrected chi connectivity index (χ1v) is 10.4. The molecule has 1 rings (SSSR count). The van der Waals surface area contributed by atoms with Gasteiger partial charge in [-0.3, -0.25) is 28.8 Å². The number of H-pyrrole nitrogens is 1. The third-order valence-electron chi connectivity index (χ3n) is 4.67. The zero-order chi connectivity index (χ0) is 27.4. The van der Waals surface area contributed by atoms with E-state index in [1.807, 2.05) is 5.32 Å². The second-order valence-electron chi connectivity index (χ2n) is 7.68. The predicted octanol–water partition coefficient (Wildman–Crippen LogP) is -4.57. The largest absolute Gasteiger partial charge is 0.481 e. The van der Waals surface area contributed by atoms with E-state index in [1.54, 1.807) is 0 Å². The maximum absolute atomic E-state index is 12.8. The molecule has 0 fully saturated rings. The van der Waals surface area contributed by atoms with E-state index in [9.17, 15) is 33.6 Å². The van der Waals surface area contributed by atoms with Gasteiger partial charge in [0.2, 0.25) is 29.5 Å². The lowest BCUT2D eigenvalue weighted by atomic mass is 10.1. The molecular formula is C19H28N8O9. The second-order valence-corrected chi connectivity index (χ2v) is 7.68. The van der Waals surface area contributed by atoms with Gasteiger partial charge in [0.15, 0.2) is 0 Å². The Morgan fingerprint density at radius 3 is 1.89 bits per heavy atom. The summed E-state index contributed by atoms with van der Waals surface area (Å²) in [6.07, 6.45) is 0.228. The fraction of sp³-hybridized carbons (Fsp3) is 0.474. The summed E-state index contributed by atoms with van der Waals surface area (Å²) in [5.41, 5.74) is 16.4. The first kappa shape index (κ1) is 29.5. The second kappa shape index (κ2) is 14.0. The lowest BCUT2D eigenvalue weighted by Crippen LogP contribution is -2.58. The summed E-state index contributed by atoms with van der Waals surface area (Å²) < 4.78 is 0. The molecular weight excluding hydrogens is 484 g/mol. The fourth-order valence-electron chi connectivity index (χ4n) is 2.90. The molecule has 17 nitrogen and oxygen atoms in total. The summed E-state index contributed by atoms with van der Waals surface area (Å²) in [5, 5.41) is 24.5. The zero-order valence-corrected chi connectivity index (χ0v) is 18.9. The molecule has 1 aromatic heterocycles. The minimum Gasteiger partial charge on any atom is -0.481 e. The number of carbonyl (C=O) groups is 7. The number of aliphatic carboxylic acids is 2. The molecule has 17 heteroatoms. The quantitative estimate of drug-likeness (QED) is 0.101. The van der Waals surface area contributed by atoms with Crippen LogP contribution in [0.4, 0.5) is 0 Å². The van der Waals surface area contributed by atoms with Crippen LogP contribution in [0.3, 0.4) is 0 Å². The highest BCUT2D eigenvalue weighted by molar-refractivity contribution is 5.96. The first-order chi connectivity index (χ1) is 16.8. The first-order valence-electron chi connectivity index (χ1n) is 10.4. The van der Waals surface area contributed by atoms with Crippen molar-refractivity contribution in [3.8, 4) is 0 Å². The predicted molar refractivity (Wildman–Crippen MR) is 118 cm³/mol. The van der Waals surface area contributed by atoms with Crippen LogP contribution in [0.15, 0.2) is 12.5 Å². The van der Waals surface area contributed by atoms with Gasteiger partial charge >= 0.3 is 11.9 Å². The standard InChI is InChI=1S/C19H28N8O9/c20-9(3-8-6-23-7-24-8)16(32)26-11(4-13(21)28)18(34)25-10(1-2-15(30)31)17(33)27-12(19(35)36)5-14(22)29/h6-7,9-12H,1-5,20H2,(H2,21,28)(H2,22,29)(H,23,24)(H,25,34)(H,26,32)(H,27,33)(H,30,31)(H,35,36). The van der Waals surface area contributed by atoms with Gasteiger partial charge in [-0.2, -0.15) is 0 Å². The molecule has 12 N–H and O–H groups in total. The molecule has 0 aliphatic carbocycles. The van der Waals surface area contributed by atoms with E-state index in [2.05, 4.69) is 20.6 Å². The SMILES string of the molecule is NC(=O)CC(NC(=O)C(CCC(=O)O)NC(=O)C(CC(N)=O)NC(=O)C(N)Cc1cnc[nH]1)C(=O)O. The highest BCUT2D eigenvalue weighted by Gasteiger charge is 2.32. The molecule has 0 aliphatic rings. The molecule has 0 aromatic carbocycles. The average Bonchev–Trinajstić information content (AvgIpc) is 3.27. The van der Waals surface area contributed by atoms with Crippen molar-refractivity contribution in [1.29, 1.82) is 0 Å². The maximum atomic E-state index is 12.8. The van der Waals surface area contributed by atoms with Gasteiger partial charge in [0.1, 0.15) is 18.1 Å². The van der Waals surface area contributed by atoms with Crippen molar-refractivity contribution in [1.82, 2.24) is 25.9 Å². The third kappa shape index (κ3) is 10.6. The Kier molecular flexibility index (Phi) is 11.5. The number of rotatable bonds is 16. The van der Waals surface area contributed by atoms with Crippen LogP contribution < -0.4 is 33.2 Å². The Morgan fingerprint density at radius 2 is 1.39 bits per heavy atom. The number of nitrogens with one attached hydrogen (secondary N) is 4. The molecule has 4 atom stereocenters. The molecule has 0 aliphatic heterocycles. The van der Waals surface area contributed by atoms with Crippen LogP contribution in [0.1, 0.15) is 31.4 Å². The number of aromatic nitrogens is 2. The average molecular weight is 512 g/mol. The minimum atomic E-state index is -1.75. The Hall–Kier alpha value is -4.54. The summed E-state index contributed by atoms with van der Waals surface area (Å²) in [4.78, 5) is 89.2. The Bertz CT molecular complexity index is 982. The molecule has 0 spiro atoms. The Morgan fingerprint density at radius 1 is 0.861 bits per heavy atom. The number of amides is 5. The summed E-state index contributed by atoms with van der Waals surface area (Å²) in [6, 6.07) is -6.12. The summed E-state index contributed by atoms with van der Waals surface area (Å²) in [6.45, 7) is 0. The van der Waals surface area contributed by atoms with Gasteiger partial charge < -0.3 is 48.3 Å². The van der Waals surface area contributed by atoms with Crippen LogP contribution in [-0.4, -0.2) is 85.8 Å². The van der Waals surface area contributed by atoms with Crippen LogP contribution >= 0.6 is 0 Å². The highest BCUT2D eigenvalue weighted by atomic mass is 16.4. The number of carbonyl (C=O) groups excluding carboxylic acids is 5. The van der Waals surface area contributed by atoms with E-state index in [4.69, 9.17) is 27.4 Å². The number of carboxylic acid groups (broad SMARTS) is 2. The van der Waals surface area contributed by atoms with Crippen LogP contribution in [0, 0.1) is 0 Å². The Labute approximate surface area is 203 Å². The molecule has 1 aromatic rings. The van der Waals surface area contributed by atoms with Gasteiger partial charge in [-0.05, 0) is 6.42 Å². The number of imidazole rings is 1. The van der Waals surface area contributed by atoms with E-state index in [1.165, 1.54) is 12.5 Å². The zero-order valence-electron chi connectivity index (χ0n) is 18.9. The highest BCUT2D eigenvalue weighted by Crippen LogP contribution is 2.04. The maximum Gasteiger partial charge on any atom is 0.326 e. The van der Waals surface area contributed by atoms with Crippen LogP contribution in [0.2, 0.25) is 0 Å². The number of primary amides is 2.